The van der Waals surface area contributed by atoms with Gasteiger partial charge in [0.15, 0.2) is 11.5 Å². The van der Waals surface area contributed by atoms with Gasteiger partial charge < -0.3 is 19.1 Å². The highest BCUT2D eigenvalue weighted by Crippen LogP contribution is 2.35. The zero-order valence-corrected chi connectivity index (χ0v) is 17.6. The second-order valence-electron chi connectivity index (χ2n) is 7.59. The Morgan fingerprint density at radius 2 is 1.81 bits per heavy atom. The molecule has 0 atom stereocenters. The molecule has 9 heteroatoms. The molecular weight excluding hydrogens is 402 g/mol. The van der Waals surface area contributed by atoms with E-state index in [4.69, 9.17) is 14.2 Å². The number of carbonyl (C=O) groups excluding carboxylic acids is 1. The molecule has 4 rings (SSSR count). The second-order valence-corrected chi connectivity index (χ2v) is 7.59. The Kier molecular flexibility index (Phi) is 5.94. The lowest BCUT2D eigenvalue weighted by Gasteiger charge is -2.34. The lowest BCUT2D eigenvalue weighted by atomic mass is 10.1. The van der Waals surface area contributed by atoms with Crippen molar-refractivity contribution < 1.29 is 23.9 Å². The van der Waals surface area contributed by atoms with Gasteiger partial charge in [0.1, 0.15) is 11.3 Å². The molecule has 2 aliphatic heterocycles. The van der Waals surface area contributed by atoms with Crippen LogP contribution in [0.5, 0.6) is 17.2 Å². The van der Waals surface area contributed by atoms with Crippen LogP contribution >= 0.6 is 0 Å². The van der Waals surface area contributed by atoms with E-state index in [0.29, 0.717) is 26.2 Å². The Balaban J connectivity index is 1.44. The molecule has 0 saturated carbocycles. The standard InChI is InChI=1S/C22H25N3O6/c1-29-20-12-17(18(25(27)28)13-21(20)30-2)22(26)24-8-6-23(7-9-24)14-15-3-4-19-16(11-15)5-10-31-19/h3-4,11-13H,5-10,14H2,1-2H3. The third kappa shape index (κ3) is 4.27. The molecule has 0 aromatic heterocycles. The molecule has 1 fully saturated rings. The Hall–Kier alpha value is -3.33. The molecule has 0 N–H and O–H groups in total. The highest BCUT2D eigenvalue weighted by molar-refractivity contribution is 5.99. The van der Waals surface area contributed by atoms with Gasteiger partial charge in [-0.25, -0.2) is 0 Å². The van der Waals surface area contributed by atoms with Crippen LogP contribution in [0, 0.1) is 10.1 Å². The molecular formula is C22H25N3O6. The van der Waals surface area contributed by atoms with Gasteiger partial charge >= 0.3 is 0 Å². The summed E-state index contributed by atoms with van der Waals surface area (Å²) in [6.45, 7) is 3.92. The van der Waals surface area contributed by atoms with Crippen molar-refractivity contribution in [2.75, 3.05) is 47.0 Å². The molecule has 2 heterocycles. The Labute approximate surface area is 180 Å². The maximum atomic E-state index is 13.1. The van der Waals surface area contributed by atoms with Crippen LogP contribution in [-0.2, 0) is 13.0 Å². The van der Waals surface area contributed by atoms with Gasteiger partial charge in [0, 0.05) is 45.2 Å². The van der Waals surface area contributed by atoms with Crippen LogP contribution in [0.4, 0.5) is 5.69 Å². The summed E-state index contributed by atoms with van der Waals surface area (Å²) in [6.07, 6.45) is 0.940. The summed E-state index contributed by atoms with van der Waals surface area (Å²) in [5.74, 6) is 1.10. The van der Waals surface area contributed by atoms with Gasteiger partial charge in [0.25, 0.3) is 11.6 Å². The number of nitro groups is 1. The number of hydrogen-bond donors (Lipinski definition) is 0. The average molecular weight is 427 g/mol. The molecule has 9 nitrogen and oxygen atoms in total. The van der Waals surface area contributed by atoms with Crippen LogP contribution in [0.1, 0.15) is 21.5 Å². The lowest BCUT2D eigenvalue weighted by Crippen LogP contribution is -2.48. The summed E-state index contributed by atoms with van der Waals surface area (Å²) in [4.78, 5) is 28.0. The first-order valence-corrected chi connectivity index (χ1v) is 10.2. The number of nitro benzene ring substituents is 1. The summed E-state index contributed by atoms with van der Waals surface area (Å²) in [7, 11) is 2.83. The highest BCUT2D eigenvalue weighted by Gasteiger charge is 2.30. The van der Waals surface area contributed by atoms with Crippen molar-refractivity contribution in [1.29, 1.82) is 0 Å². The Morgan fingerprint density at radius 3 is 2.48 bits per heavy atom. The van der Waals surface area contributed by atoms with Crippen molar-refractivity contribution in [2.45, 2.75) is 13.0 Å². The molecule has 31 heavy (non-hydrogen) atoms. The zero-order valence-electron chi connectivity index (χ0n) is 17.6. The van der Waals surface area contributed by atoms with Crippen LogP contribution in [-0.4, -0.2) is 67.6 Å². The van der Waals surface area contributed by atoms with Crippen molar-refractivity contribution in [3.05, 3.63) is 57.1 Å². The van der Waals surface area contributed by atoms with E-state index < -0.39 is 4.92 Å². The summed E-state index contributed by atoms with van der Waals surface area (Å²) >= 11 is 0. The Morgan fingerprint density at radius 1 is 1.10 bits per heavy atom. The van der Waals surface area contributed by atoms with Crippen LogP contribution < -0.4 is 14.2 Å². The quantitative estimate of drug-likeness (QED) is 0.516. The van der Waals surface area contributed by atoms with E-state index in [1.54, 1.807) is 4.90 Å². The number of piperazine rings is 1. The number of carbonyl (C=O) groups is 1. The number of rotatable bonds is 6. The van der Waals surface area contributed by atoms with E-state index in [1.807, 2.05) is 6.07 Å². The Bertz CT molecular complexity index is 1000. The van der Waals surface area contributed by atoms with Gasteiger partial charge in [-0.1, -0.05) is 12.1 Å². The van der Waals surface area contributed by atoms with Gasteiger partial charge in [0.2, 0.25) is 0 Å². The van der Waals surface area contributed by atoms with Crippen LogP contribution in [0.25, 0.3) is 0 Å². The molecule has 0 unspecified atom stereocenters. The van der Waals surface area contributed by atoms with Crippen molar-refractivity contribution in [3.63, 3.8) is 0 Å². The fourth-order valence-electron chi connectivity index (χ4n) is 4.07. The minimum absolute atomic E-state index is 0.00900. The predicted molar refractivity (Wildman–Crippen MR) is 113 cm³/mol. The first-order chi connectivity index (χ1) is 15.0. The fraction of sp³-hybridized carbons (Fsp3) is 0.409. The number of hydrogen-bond acceptors (Lipinski definition) is 7. The van der Waals surface area contributed by atoms with Gasteiger partial charge in [-0.3, -0.25) is 19.8 Å². The van der Waals surface area contributed by atoms with Crippen LogP contribution in [0.2, 0.25) is 0 Å². The van der Waals surface area contributed by atoms with E-state index in [-0.39, 0.29) is 28.7 Å². The maximum Gasteiger partial charge on any atom is 0.286 e. The first kappa shape index (κ1) is 20.9. The van der Waals surface area contributed by atoms with Gasteiger partial charge in [-0.2, -0.15) is 0 Å². The zero-order chi connectivity index (χ0) is 22.0. The molecule has 1 amide bonds. The van der Waals surface area contributed by atoms with E-state index in [9.17, 15) is 14.9 Å². The van der Waals surface area contributed by atoms with Crippen molar-refractivity contribution >= 4 is 11.6 Å². The normalized spacial score (nSPS) is 15.9. The molecule has 2 aromatic rings. The number of nitrogens with zero attached hydrogens (tertiary/aromatic N) is 3. The monoisotopic (exact) mass is 427 g/mol. The van der Waals surface area contributed by atoms with Gasteiger partial charge in [0.05, 0.1) is 31.8 Å². The number of methoxy groups -OCH3 is 2. The second kappa shape index (κ2) is 8.81. The minimum Gasteiger partial charge on any atom is -0.493 e. The van der Waals surface area contributed by atoms with E-state index in [0.717, 1.165) is 25.3 Å². The summed E-state index contributed by atoms with van der Waals surface area (Å²) in [6, 6.07) is 8.91. The molecule has 0 bridgehead atoms. The summed E-state index contributed by atoms with van der Waals surface area (Å²) < 4.78 is 15.9. The summed E-state index contributed by atoms with van der Waals surface area (Å²) in [5, 5.41) is 11.5. The number of amides is 1. The maximum absolute atomic E-state index is 13.1. The number of benzene rings is 2. The van der Waals surface area contributed by atoms with Crippen molar-refractivity contribution in [1.82, 2.24) is 9.80 Å². The SMILES string of the molecule is COc1cc(C(=O)N2CCN(Cc3ccc4c(c3)CCO4)CC2)c([N+](=O)[O-])cc1OC. The molecule has 0 aliphatic carbocycles. The van der Waals surface area contributed by atoms with E-state index in [2.05, 4.69) is 17.0 Å². The largest absolute Gasteiger partial charge is 0.493 e. The first-order valence-electron chi connectivity index (χ1n) is 10.2. The van der Waals surface area contributed by atoms with Crippen LogP contribution in [0.15, 0.2) is 30.3 Å². The molecule has 164 valence electrons. The predicted octanol–water partition coefficient (Wildman–Crippen LogP) is 2.50. The van der Waals surface area contributed by atoms with Crippen LogP contribution in [0.3, 0.4) is 0 Å². The van der Waals surface area contributed by atoms with E-state index >= 15 is 0 Å². The van der Waals surface area contributed by atoms with Gasteiger partial charge in [-0.05, 0) is 17.2 Å². The minimum atomic E-state index is -0.566. The van der Waals surface area contributed by atoms with E-state index in [1.165, 1.54) is 37.5 Å². The molecule has 1 saturated heterocycles. The lowest BCUT2D eigenvalue weighted by molar-refractivity contribution is -0.385. The van der Waals surface area contributed by atoms with Crippen molar-refractivity contribution in [2.24, 2.45) is 0 Å². The average Bonchev–Trinajstić information content (AvgIpc) is 3.26. The third-order valence-electron chi connectivity index (χ3n) is 5.75. The highest BCUT2D eigenvalue weighted by atomic mass is 16.6. The number of ether oxygens (including phenoxy) is 3. The third-order valence-corrected chi connectivity index (χ3v) is 5.75. The summed E-state index contributed by atoms with van der Waals surface area (Å²) in [5.41, 5.74) is 2.19. The smallest absolute Gasteiger partial charge is 0.286 e. The molecule has 0 spiro atoms. The van der Waals surface area contributed by atoms with Gasteiger partial charge in [-0.15, -0.1) is 0 Å². The number of fused-ring (bicyclic) bond motifs is 1. The molecule has 0 radical (unpaired) electrons. The fourth-order valence-corrected chi connectivity index (χ4v) is 4.07. The molecule has 2 aliphatic rings. The molecule has 2 aromatic carbocycles. The van der Waals surface area contributed by atoms with Crippen molar-refractivity contribution in [3.8, 4) is 17.2 Å². The topological polar surface area (TPSA) is 94.4 Å².